The van der Waals surface area contributed by atoms with Gasteiger partial charge in [0.05, 0.1) is 10.2 Å². The lowest BCUT2D eigenvalue weighted by Crippen LogP contribution is -2.19. The van der Waals surface area contributed by atoms with Crippen LogP contribution in [-0.4, -0.2) is 16.4 Å². The van der Waals surface area contributed by atoms with Crippen molar-refractivity contribution < 1.29 is 9.59 Å². The monoisotopic (exact) mass is 337 g/mol. The molecule has 24 heavy (non-hydrogen) atoms. The molecule has 2 heterocycles. The van der Waals surface area contributed by atoms with E-state index in [4.69, 9.17) is 0 Å². The number of hydrogen-bond acceptors (Lipinski definition) is 3. The summed E-state index contributed by atoms with van der Waals surface area (Å²) in [6.07, 6.45) is 1.10. The van der Waals surface area contributed by atoms with Crippen LogP contribution in [0.2, 0.25) is 0 Å². The van der Waals surface area contributed by atoms with E-state index in [0.717, 1.165) is 21.5 Å². The Hall–Kier alpha value is -2.73. The molecular weight excluding hydrogens is 322 g/mol. The van der Waals surface area contributed by atoms with Crippen LogP contribution in [0.1, 0.15) is 22.3 Å². The smallest absolute Gasteiger partial charge is 0.279 e. The first-order valence-electron chi connectivity index (χ1n) is 7.68. The van der Waals surface area contributed by atoms with E-state index in [1.54, 1.807) is 12.1 Å². The van der Waals surface area contributed by atoms with Crippen molar-refractivity contribution in [3.8, 4) is 0 Å². The Kier molecular flexibility index (Phi) is 3.54. The Bertz CT molecular complexity index is 1050. The Morgan fingerprint density at radius 3 is 2.88 bits per heavy atom. The van der Waals surface area contributed by atoms with Crippen molar-refractivity contribution in [1.29, 1.82) is 0 Å². The summed E-state index contributed by atoms with van der Waals surface area (Å²) >= 11 is 1.49. The molecule has 120 valence electrons. The number of fused-ring (bicyclic) bond motifs is 2. The fourth-order valence-electron chi connectivity index (χ4n) is 2.86. The molecule has 1 aliphatic rings. The van der Waals surface area contributed by atoms with Gasteiger partial charge in [-0.1, -0.05) is 23.5 Å². The van der Waals surface area contributed by atoms with Gasteiger partial charge >= 0.3 is 0 Å². The number of rotatable bonds is 1. The quantitative estimate of drug-likeness (QED) is 0.742. The molecule has 1 aromatic heterocycles. The first-order valence-corrected chi connectivity index (χ1v) is 8.50. The van der Waals surface area contributed by atoms with Gasteiger partial charge in [0.25, 0.3) is 5.91 Å². The molecule has 1 N–H and O–H groups in total. The van der Waals surface area contributed by atoms with Crippen LogP contribution in [0.15, 0.2) is 47.5 Å². The van der Waals surface area contributed by atoms with E-state index in [1.807, 2.05) is 41.9 Å². The average molecular weight is 337 g/mol. The summed E-state index contributed by atoms with van der Waals surface area (Å²) in [5, 5.41) is 2.82. The summed E-state index contributed by atoms with van der Waals surface area (Å²) in [7, 11) is 1.91. The van der Waals surface area contributed by atoms with Crippen molar-refractivity contribution in [2.45, 2.75) is 12.8 Å². The molecule has 0 saturated heterocycles. The van der Waals surface area contributed by atoms with Gasteiger partial charge < -0.3 is 9.88 Å². The number of aromatic nitrogens is 1. The molecule has 5 nitrogen and oxygen atoms in total. The maximum absolute atomic E-state index is 12.5. The van der Waals surface area contributed by atoms with E-state index >= 15 is 0 Å². The van der Waals surface area contributed by atoms with Crippen LogP contribution >= 0.6 is 11.3 Å². The number of hydrogen-bond donors (Lipinski definition) is 1. The van der Waals surface area contributed by atoms with Crippen LogP contribution in [-0.2, 0) is 18.3 Å². The van der Waals surface area contributed by atoms with E-state index < -0.39 is 0 Å². The molecule has 3 aromatic rings. The third kappa shape index (κ3) is 2.55. The van der Waals surface area contributed by atoms with Crippen LogP contribution in [0.4, 0.5) is 5.69 Å². The van der Waals surface area contributed by atoms with Crippen LogP contribution in [0, 0.1) is 0 Å². The SMILES string of the molecule is Cn1c(=NC(=O)c2ccc3c(c2)CCC(=O)N3)sc2ccccc21. The Morgan fingerprint density at radius 2 is 2.04 bits per heavy atom. The minimum atomic E-state index is -0.267. The summed E-state index contributed by atoms with van der Waals surface area (Å²) < 4.78 is 3.02. The predicted octanol–water partition coefficient (Wildman–Crippen LogP) is 2.87. The second kappa shape index (κ2) is 5.72. The highest BCUT2D eigenvalue weighted by molar-refractivity contribution is 7.16. The molecule has 0 saturated carbocycles. The fraction of sp³-hybridized carbons (Fsp3) is 0.167. The van der Waals surface area contributed by atoms with E-state index in [0.29, 0.717) is 23.2 Å². The number of nitrogens with zero attached hydrogens (tertiary/aromatic N) is 2. The minimum Gasteiger partial charge on any atom is -0.326 e. The second-order valence-corrected chi connectivity index (χ2v) is 6.76. The van der Waals surface area contributed by atoms with Gasteiger partial charge in [-0.25, -0.2) is 0 Å². The fourth-order valence-corrected chi connectivity index (χ4v) is 3.87. The number of carbonyl (C=O) groups excluding carboxylic acids is 2. The lowest BCUT2D eigenvalue weighted by atomic mass is 10.0. The summed E-state index contributed by atoms with van der Waals surface area (Å²) in [6, 6.07) is 13.3. The van der Waals surface area contributed by atoms with Gasteiger partial charge in [-0.05, 0) is 42.3 Å². The molecule has 2 amide bonds. The normalized spacial score (nSPS) is 14.5. The summed E-state index contributed by atoms with van der Waals surface area (Å²) in [4.78, 5) is 28.9. The molecule has 0 fully saturated rings. The molecule has 0 spiro atoms. The standard InChI is InChI=1S/C18H15N3O2S/c1-21-14-4-2-3-5-15(14)24-18(21)20-17(23)12-6-8-13-11(10-12)7-9-16(22)19-13/h2-6,8,10H,7,9H2,1H3,(H,19,22). The molecule has 2 aromatic carbocycles. The lowest BCUT2D eigenvalue weighted by molar-refractivity contribution is -0.116. The van der Waals surface area contributed by atoms with Gasteiger partial charge in [0.15, 0.2) is 4.80 Å². The Balaban J connectivity index is 1.73. The first-order chi connectivity index (χ1) is 11.6. The van der Waals surface area contributed by atoms with Crippen LogP contribution in [0.3, 0.4) is 0 Å². The van der Waals surface area contributed by atoms with Crippen LogP contribution in [0.5, 0.6) is 0 Å². The van der Waals surface area contributed by atoms with E-state index in [9.17, 15) is 9.59 Å². The topological polar surface area (TPSA) is 63.5 Å². The zero-order valence-electron chi connectivity index (χ0n) is 13.1. The zero-order valence-corrected chi connectivity index (χ0v) is 13.9. The molecule has 0 unspecified atom stereocenters. The number of anilines is 1. The van der Waals surface area contributed by atoms with Crippen molar-refractivity contribution in [3.63, 3.8) is 0 Å². The third-order valence-corrected chi connectivity index (χ3v) is 5.27. The Labute approximate surface area is 142 Å². The predicted molar refractivity (Wildman–Crippen MR) is 94.1 cm³/mol. The molecule has 0 atom stereocenters. The minimum absolute atomic E-state index is 0.0172. The molecule has 0 radical (unpaired) electrons. The average Bonchev–Trinajstić information content (AvgIpc) is 2.90. The number of nitrogens with one attached hydrogen (secondary N) is 1. The van der Waals surface area contributed by atoms with Gasteiger partial charge in [0, 0.05) is 24.7 Å². The van der Waals surface area contributed by atoms with Crippen LogP contribution in [0.25, 0.3) is 10.2 Å². The van der Waals surface area contributed by atoms with Gasteiger partial charge in [-0.15, -0.1) is 0 Å². The molecule has 6 heteroatoms. The number of benzene rings is 2. The van der Waals surface area contributed by atoms with Crippen molar-refractivity contribution in [1.82, 2.24) is 4.57 Å². The zero-order chi connectivity index (χ0) is 16.7. The summed E-state index contributed by atoms with van der Waals surface area (Å²) in [5.74, 6) is -0.250. The number of carbonyl (C=O) groups is 2. The molecule has 1 aliphatic heterocycles. The molecular formula is C18H15N3O2S. The Morgan fingerprint density at radius 1 is 1.21 bits per heavy atom. The van der Waals surface area contributed by atoms with Gasteiger partial charge in [-0.2, -0.15) is 4.99 Å². The molecule has 4 rings (SSSR count). The van der Waals surface area contributed by atoms with Crippen molar-refractivity contribution in [3.05, 3.63) is 58.4 Å². The number of para-hydroxylation sites is 1. The van der Waals surface area contributed by atoms with E-state index in [2.05, 4.69) is 10.3 Å². The second-order valence-electron chi connectivity index (χ2n) is 5.75. The maximum atomic E-state index is 12.5. The van der Waals surface area contributed by atoms with Gasteiger partial charge in [0.2, 0.25) is 5.91 Å². The van der Waals surface area contributed by atoms with Crippen molar-refractivity contribution >= 4 is 39.1 Å². The highest BCUT2D eigenvalue weighted by Crippen LogP contribution is 2.24. The summed E-state index contributed by atoms with van der Waals surface area (Å²) in [6.45, 7) is 0. The maximum Gasteiger partial charge on any atom is 0.279 e. The molecule has 0 bridgehead atoms. The van der Waals surface area contributed by atoms with E-state index in [1.165, 1.54) is 11.3 Å². The number of thiazole rings is 1. The van der Waals surface area contributed by atoms with E-state index in [-0.39, 0.29) is 11.8 Å². The third-order valence-electron chi connectivity index (χ3n) is 4.16. The van der Waals surface area contributed by atoms with Crippen molar-refractivity contribution in [2.75, 3.05) is 5.32 Å². The van der Waals surface area contributed by atoms with Gasteiger partial charge in [0.1, 0.15) is 0 Å². The highest BCUT2D eigenvalue weighted by Gasteiger charge is 2.16. The van der Waals surface area contributed by atoms with Gasteiger partial charge in [-0.3, -0.25) is 9.59 Å². The number of aryl methyl sites for hydroxylation is 2. The summed E-state index contributed by atoms with van der Waals surface area (Å²) in [5.41, 5.74) is 3.37. The van der Waals surface area contributed by atoms with Crippen LogP contribution < -0.4 is 10.1 Å². The molecule has 0 aliphatic carbocycles. The first kappa shape index (κ1) is 14.8. The highest BCUT2D eigenvalue weighted by atomic mass is 32.1. The largest absolute Gasteiger partial charge is 0.326 e. The van der Waals surface area contributed by atoms with Crippen molar-refractivity contribution in [2.24, 2.45) is 12.0 Å². The number of amides is 2. The lowest BCUT2D eigenvalue weighted by Gasteiger charge is -2.16.